The predicted molar refractivity (Wildman–Crippen MR) is 86.2 cm³/mol. The molecule has 0 spiro atoms. The molecule has 21 heavy (non-hydrogen) atoms. The average Bonchev–Trinajstić information content (AvgIpc) is 2.44. The van der Waals surface area contributed by atoms with E-state index in [2.05, 4.69) is 5.32 Å². The molecule has 4 nitrogen and oxygen atoms in total. The minimum atomic E-state index is -0.136. The first-order chi connectivity index (χ1) is 10.1. The fourth-order valence-electron chi connectivity index (χ4n) is 2.40. The molecule has 0 unspecified atom stereocenters. The predicted octanol–water partition coefficient (Wildman–Crippen LogP) is 3.43. The highest BCUT2D eigenvalue weighted by molar-refractivity contribution is 6.39. The minimum absolute atomic E-state index is 0.136. The van der Waals surface area contributed by atoms with E-state index in [9.17, 15) is 4.79 Å². The van der Waals surface area contributed by atoms with Crippen molar-refractivity contribution in [1.82, 2.24) is 4.90 Å². The van der Waals surface area contributed by atoms with Crippen LogP contribution < -0.4 is 5.32 Å². The third kappa shape index (κ3) is 5.15. The van der Waals surface area contributed by atoms with Crippen LogP contribution in [-0.4, -0.2) is 43.7 Å². The fraction of sp³-hybridized carbons (Fsp3) is 0.533. The molecule has 2 rings (SSSR count). The molecule has 116 valence electrons. The zero-order valence-electron chi connectivity index (χ0n) is 12.1. The Hall–Kier alpha value is -0.810. The Labute approximate surface area is 135 Å². The number of rotatable bonds is 5. The monoisotopic (exact) mass is 330 g/mol. The summed E-state index contributed by atoms with van der Waals surface area (Å²) in [6, 6.07) is 5.14. The maximum absolute atomic E-state index is 12.1. The molecule has 6 heteroatoms. The molecule has 1 saturated heterocycles. The van der Waals surface area contributed by atoms with E-state index < -0.39 is 0 Å². The van der Waals surface area contributed by atoms with E-state index in [1.165, 1.54) is 6.42 Å². The lowest BCUT2D eigenvalue weighted by atomic mass is 10.1. The summed E-state index contributed by atoms with van der Waals surface area (Å²) in [6.07, 6.45) is 3.61. The van der Waals surface area contributed by atoms with Gasteiger partial charge in [0.15, 0.2) is 0 Å². The van der Waals surface area contributed by atoms with Gasteiger partial charge in [-0.15, -0.1) is 0 Å². The van der Waals surface area contributed by atoms with Crippen molar-refractivity contribution in [3.05, 3.63) is 28.2 Å². The molecule has 0 radical (unpaired) electrons. The summed E-state index contributed by atoms with van der Waals surface area (Å²) in [5.74, 6) is -0.136. The van der Waals surface area contributed by atoms with Gasteiger partial charge in [-0.1, -0.05) is 29.3 Å². The maximum Gasteiger partial charge on any atom is 0.238 e. The summed E-state index contributed by atoms with van der Waals surface area (Å²) < 4.78 is 5.67. The zero-order chi connectivity index (χ0) is 15.2. The van der Waals surface area contributed by atoms with Gasteiger partial charge in [0, 0.05) is 13.2 Å². The van der Waals surface area contributed by atoms with Crippen LogP contribution in [0.2, 0.25) is 10.0 Å². The van der Waals surface area contributed by atoms with E-state index in [-0.39, 0.29) is 18.6 Å². The number of amides is 1. The number of para-hydroxylation sites is 1. The normalized spacial score (nSPS) is 18.8. The van der Waals surface area contributed by atoms with E-state index in [1.807, 2.05) is 11.9 Å². The second-order valence-electron chi connectivity index (χ2n) is 5.33. The summed E-state index contributed by atoms with van der Waals surface area (Å²) in [5, 5.41) is 3.64. The van der Waals surface area contributed by atoms with Crippen molar-refractivity contribution in [3.63, 3.8) is 0 Å². The van der Waals surface area contributed by atoms with Crippen LogP contribution in [0.4, 0.5) is 5.69 Å². The van der Waals surface area contributed by atoms with Gasteiger partial charge in [0.25, 0.3) is 0 Å². The second-order valence-corrected chi connectivity index (χ2v) is 6.14. The Morgan fingerprint density at radius 1 is 1.38 bits per heavy atom. The van der Waals surface area contributed by atoms with Gasteiger partial charge >= 0.3 is 0 Å². The van der Waals surface area contributed by atoms with Crippen molar-refractivity contribution in [2.24, 2.45) is 0 Å². The third-order valence-electron chi connectivity index (χ3n) is 3.43. The van der Waals surface area contributed by atoms with Crippen molar-refractivity contribution < 1.29 is 9.53 Å². The summed E-state index contributed by atoms with van der Waals surface area (Å²) >= 11 is 12.1. The van der Waals surface area contributed by atoms with Crippen LogP contribution in [0, 0.1) is 0 Å². The van der Waals surface area contributed by atoms with Crippen LogP contribution in [0.25, 0.3) is 0 Å². The number of benzene rings is 1. The molecule has 1 N–H and O–H groups in total. The van der Waals surface area contributed by atoms with Gasteiger partial charge in [-0.2, -0.15) is 0 Å². The van der Waals surface area contributed by atoms with E-state index in [4.69, 9.17) is 27.9 Å². The third-order valence-corrected chi connectivity index (χ3v) is 4.06. The van der Waals surface area contributed by atoms with Crippen molar-refractivity contribution in [2.75, 3.05) is 32.1 Å². The molecule has 1 heterocycles. The molecule has 1 fully saturated rings. The van der Waals surface area contributed by atoms with Crippen molar-refractivity contribution >= 4 is 34.8 Å². The molecule has 0 bridgehead atoms. The minimum Gasteiger partial charge on any atom is -0.377 e. The summed E-state index contributed by atoms with van der Waals surface area (Å²) in [5.41, 5.74) is 0.466. The Morgan fingerprint density at radius 3 is 2.71 bits per heavy atom. The molecule has 1 aliphatic heterocycles. The first-order valence-electron chi connectivity index (χ1n) is 7.10. The van der Waals surface area contributed by atoms with E-state index in [1.54, 1.807) is 18.2 Å². The van der Waals surface area contributed by atoms with Crippen molar-refractivity contribution in [3.8, 4) is 0 Å². The van der Waals surface area contributed by atoms with Gasteiger partial charge < -0.3 is 10.1 Å². The van der Waals surface area contributed by atoms with Gasteiger partial charge in [0.05, 0.1) is 28.4 Å². The molecule has 1 aromatic rings. The van der Waals surface area contributed by atoms with Gasteiger partial charge in [0.1, 0.15) is 0 Å². The van der Waals surface area contributed by atoms with Gasteiger partial charge in [-0.25, -0.2) is 0 Å². The number of hydrogen-bond acceptors (Lipinski definition) is 3. The molecular formula is C15H20Cl2N2O2. The lowest BCUT2D eigenvalue weighted by Crippen LogP contribution is -2.37. The smallest absolute Gasteiger partial charge is 0.238 e. The Bertz CT molecular complexity index is 470. The van der Waals surface area contributed by atoms with E-state index in [0.29, 0.717) is 15.7 Å². The largest absolute Gasteiger partial charge is 0.377 e. The number of hydrogen-bond donors (Lipinski definition) is 1. The van der Waals surface area contributed by atoms with Crippen molar-refractivity contribution in [2.45, 2.75) is 25.4 Å². The number of anilines is 1. The average molecular weight is 331 g/mol. The summed E-state index contributed by atoms with van der Waals surface area (Å²) in [4.78, 5) is 14.0. The number of halogens is 2. The Balaban J connectivity index is 1.83. The number of carbonyl (C=O) groups excluding carboxylic acids is 1. The van der Waals surface area contributed by atoms with Crippen LogP contribution in [-0.2, 0) is 9.53 Å². The first kappa shape index (κ1) is 16.6. The summed E-state index contributed by atoms with van der Waals surface area (Å²) in [7, 11) is 1.91. The van der Waals surface area contributed by atoms with Crippen LogP contribution in [0.1, 0.15) is 19.3 Å². The quantitative estimate of drug-likeness (QED) is 0.899. The van der Waals surface area contributed by atoms with Gasteiger partial charge in [0.2, 0.25) is 5.91 Å². The lowest BCUT2D eigenvalue weighted by molar-refractivity contribution is -0.117. The highest BCUT2D eigenvalue weighted by atomic mass is 35.5. The van der Waals surface area contributed by atoms with Crippen LogP contribution in [0.15, 0.2) is 18.2 Å². The number of nitrogens with one attached hydrogen (secondary N) is 1. The highest BCUT2D eigenvalue weighted by Crippen LogP contribution is 2.29. The number of ether oxygens (including phenoxy) is 1. The fourth-order valence-corrected chi connectivity index (χ4v) is 2.90. The van der Waals surface area contributed by atoms with Crippen LogP contribution >= 0.6 is 23.2 Å². The molecular weight excluding hydrogens is 311 g/mol. The van der Waals surface area contributed by atoms with Crippen molar-refractivity contribution in [1.29, 1.82) is 0 Å². The molecule has 1 amide bonds. The van der Waals surface area contributed by atoms with Crippen LogP contribution in [0.3, 0.4) is 0 Å². The zero-order valence-corrected chi connectivity index (χ0v) is 13.6. The SMILES string of the molecule is CN(CC(=O)Nc1c(Cl)cccc1Cl)C[C@H]1CCCCO1. The molecule has 0 aromatic heterocycles. The molecule has 0 aliphatic carbocycles. The van der Waals surface area contributed by atoms with Gasteiger partial charge in [-0.05, 0) is 38.4 Å². The maximum atomic E-state index is 12.1. The molecule has 1 aliphatic rings. The number of likely N-dealkylation sites (N-methyl/N-ethyl adjacent to an activating group) is 1. The Kier molecular flexibility index (Phi) is 6.30. The molecule has 1 atom stereocenters. The molecule has 1 aromatic carbocycles. The highest BCUT2D eigenvalue weighted by Gasteiger charge is 2.18. The summed E-state index contributed by atoms with van der Waals surface area (Å²) in [6.45, 7) is 1.85. The standard InChI is InChI=1S/C15H20Cl2N2O2/c1-19(9-11-5-2-3-8-21-11)10-14(20)18-15-12(16)6-4-7-13(15)17/h4,6-7,11H,2-3,5,8-10H2,1H3,(H,18,20)/t11-/m1/s1. The number of nitrogens with zero attached hydrogens (tertiary/aromatic N) is 1. The lowest BCUT2D eigenvalue weighted by Gasteiger charge is -2.27. The van der Waals surface area contributed by atoms with E-state index in [0.717, 1.165) is 26.0 Å². The van der Waals surface area contributed by atoms with Gasteiger partial charge in [-0.3, -0.25) is 9.69 Å². The van der Waals surface area contributed by atoms with E-state index >= 15 is 0 Å². The number of carbonyl (C=O) groups is 1. The topological polar surface area (TPSA) is 41.6 Å². The molecule has 0 saturated carbocycles. The van der Waals surface area contributed by atoms with Crippen LogP contribution in [0.5, 0.6) is 0 Å². The Morgan fingerprint density at radius 2 is 2.10 bits per heavy atom. The first-order valence-corrected chi connectivity index (χ1v) is 7.86. The second kappa shape index (κ2) is 7.99.